The molecule has 0 amide bonds. The molecule has 0 spiro atoms. The van der Waals surface area contributed by atoms with E-state index < -0.39 is 11.6 Å². The molecule has 0 unspecified atom stereocenters. The number of rotatable bonds is 6. The summed E-state index contributed by atoms with van der Waals surface area (Å²) in [4.78, 5) is 0. The molecule has 2 nitrogen and oxygen atoms in total. The Labute approximate surface area is 102 Å². The lowest BCUT2D eigenvalue weighted by Crippen LogP contribution is -2.11. The third-order valence-electron chi connectivity index (χ3n) is 1.92. The quantitative estimate of drug-likeness (QED) is 0.640. The summed E-state index contributed by atoms with van der Waals surface area (Å²) < 4.78 is 31.7. The molecule has 0 aromatic heterocycles. The highest BCUT2D eigenvalue weighted by Crippen LogP contribution is 2.22. The van der Waals surface area contributed by atoms with Crippen LogP contribution >= 0.6 is 15.9 Å². The Hall–Kier alpha value is -0.680. The highest BCUT2D eigenvalue weighted by atomic mass is 79.9. The first-order chi connectivity index (χ1) is 7.65. The van der Waals surface area contributed by atoms with Gasteiger partial charge in [-0.3, -0.25) is 0 Å². The lowest BCUT2D eigenvalue weighted by atomic mass is 10.3. The Kier molecular flexibility index (Phi) is 5.69. The first kappa shape index (κ1) is 13.4. The molecule has 0 atom stereocenters. The highest BCUT2D eigenvalue weighted by Gasteiger charge is 2.07. The van der Waals surface area contributed by atoms with Crippen LogP contribution in [0.2, 0.25) is 0 Å². The van der Waals surface area contributed by atoms with Gasteiger partial charge in [-0.15, -0.1) is 0 Å². The van der Waals surface area contributed by atoms with Gasteiger partial charge in [0.15, 0.2) is 0 Å². The normalized spacial score (nSPS) is 10.5. The molecule has 5 heteroatoms. The van der Waals surface area contributed by atoms with E-state index in [-0.39, 0.29) is 10.2 Å². The minimum atomic E-state index is -0.488. The Morgan fingerprint density at radius 3 is 2.69 bits per heavy atom. The van der Waals surface area contributed by atoms with Gasteiger partial charge in [-0.1, -0.05) is 6.92 Å². The number of hydrogen-bond acceptors (Lipinski definition) is 2. The maximum Gasteiger partial charge on any atom is 0.147 e. The number of hydrogen-bond donors (Lipinski definition) is 1. The summed E-state index contributed by atoms with van der Waals surface area (Å²) in [6.07, 6.45) is 0.946. The molecule has 1 aromatic rings. The molecule has 1 rings (SSSR count). The number of benzene rings is 1. The van der Waals surface area contributed by atoms with Crippen LogP contribution < -0.4 is 5.32 Å². The first-order valence-corrected chi connectivity index (χ1v) is 5.90. The van der Waals surface area contributed by atoms with E-state index in [1.807, 2.05) is 6.92 Å². The van der Waals surface area contributed by atoms with Crippen molar-refractivity contribution in [1.29, 1.82) is 0 Å². The third kappa shape index (κ3) is 4.06. The van der Waals surface area contributed by atoms with Gasteiger partial charge in [0, 0.05) is 19.2 Å². The summed E-state index contributed by atoms with van der Waals surface area (Å²) in [5.74, 6) is -0.970. The molecular formula is C11H14BrF2NO. The van der Waals surface area contributed by atoms with Gasteiger partial charge in [-0.2, -0.15) is 0 Å². The second-order valence-electron chi connectivity index (χ2n) is 3.29. The van der Waals surface area contributed by atoms with E-state index in [2.05, 4.69) is 21.2 Å². The van der Waals surface area contributed by atoms with E-state index in [0.29, 0.717) is 19.8 Å². The van der Waals surface area contributed by atoms with Crippen molar-refractivity contribution in [3.05, 3.63) is 28.2 Å². The van der Waals surface area contributed by atoms with Crippen LogP contribution in [0.25, 0.3) is 0 Å². The Bertz CT molecular complexity index is 347. The molecule has 0 saturated heterocycles. The standard InChI is InChI=1S/C11H14BrF2NO/c1-2-4-16-5-3-15-11-7-9(13)8(12)6-10(11)14/h6-7,15H,2-5H2,1H3. The lowest BCUT2D eigenvalue weighted by Gasteiger charge is -2.08. The van der Waals surface area contributed by atoms with Crippen LogP contribution in [-0.4, -0.2) is 19.8 Å². The molecule has 90 valence electrons. The molecule has 0 aliphatic carbocycles. The first-order valence-electron chi connectivity index (χ1n) is 5.11. The minimum Gasteiger partial charge on any atom is -0.380 e. The van der Waals surface area contributed by atoms with E-state index in [1.165, 1.54) is 0 Å². The smallest absolute Gasteiger partial charge is 0.147 e. The maximum atomic E-state index is 13.3. The van der Waals surface area contributed by atoms with Gasteiger partial charge >= 0.3 is 0 Å². The van der Waals surface area contributed by atoms with Crippen LogP contribution in [0.4, 0.5) is 14.5 Å². The Balaban J connectivity index is 2.45. The van der Waals surface area contributed by atoms with Gasteiger partial charge in [0.1, 0.15) is 11.6 Å². The molecule has 1 N–H and O–H groups in total. The van der Waals surface area contributed by atoms with Crippen molar-refractivity contribution in [2.75, 3.05) is 25.1 Å². The predicted octanol–water partition coefficient (Wildman–Crippen LogP) is 3.57. The summed E-state index contributed by atoms with van der Waals surface area (Å²) in [6.45, 7) is 3.62. The number of halogens is 3. The van der Waals surface area contributed by atoms with Crippen molar-refractivity contribution in [1.82, 2.24) is 0 Å². The molecule has 0 aliphatic heterocycles. The zero-order valence-corrected chi connectivity index (χ0v) is 10.6. The van der Waals surface area contributed by atoms with Crippen molar-refractivity contribution in [3.63, 3.8) is 0 Å². The largest absolute Gasteiger partial charge is 0.380 e. The lowest BCUT2D eigenvalue weighted by molar-refractivity contribution is 0.144. The van der Waals surface area contributed by atoms with Gasteiger partial charge in [0.05, 0.1) is 16.8 Å². The average molecular weight is 294 g/mol. The summed E-state index contributed by atoms with van der Waals surface area (Å²) in [5, 5.41) is 2.78. The predicted molar refractivity (Wildman–Crippen MR) is 63.7 cm³/mol. The molecule has 16 heavy (non-hydrogen) atoms. The second kappa shape index (κ2) is 6.81. The molecule has 0 heterocycles. The van der Waals surface area contributed by atoms with E-state index >= 15 is 0 Å². The SMILES string of the molecule is CCCOCCNc1cc(F)c(Br)cc1F. The molecule has 0 aliphatic rings. The van der Waals surface area contributed by atoms with Crippen molar-refractivity contribution >= 4 is 21.6 Å². The third-order valence-corrected chi connectivity index (χ3v) is 2.53. The maximum absolute atomic E-state index is 13.3. The van der Waals surface area contributed by atoms with Gasteiger partial charge in [-0.05, 0) is 28.4 Å². The summed E-state index contributed by atoms with van der Waals surface area (Å²) in [7, 11) is 0. The molecule has 0 bridgehead atoms. The average Bonchev–Trinajstić information content (AvgIpc) is 2.25. The molecule has 0 saturated carbocycles. The number of anilines is 1. The van der Waals surface area contributed by atoms with Gasteiger partial charge < -0.3 is 10.1 Å². The van der Waals surface area contributed by atoms with E-state index in [0.717, 1.165) is 18.6 Å². The molecule has 1 aromatic carbocycles. The van der Waals surface area contributed by atoms with Crippen molar-refractivity contribution in [3.8, 4) is 0 Å². The highest BCUT2D eigenvalue weighted by molar-refractivity contribution is 9.10. The fraction of sp³-hybridized carbons (Fsp3) is 0.455. The van der Waals surface area contributed by atoms with Crippen LogP contribution in [0, 0.1) is 11.6 Å². The van der Waals surface area contributed by atoms with Crippen LogP contribution in [0.5, 0.6) is 0 Å². The van der Waals surface area contributed by atoms with Crippen molar-refractivity contribution < 1.29 is 13.5 Å². The Morgan fingerprint density at radius 2 is 2.00 bits per heavy atom. The topological polar surface area (TPSA) is 21.3 Å². The van der Waals surface area contributed by atoms with E-state index in [4.69, 9.17) is 4.74 Å². The van der Waals surface area contributed by atoms with Crippen molar-refractivity contribution in [2.24, 2.45) is 0 Å². The molecule has 0 radical (unpaired) electrons. The number of nitrogens with one attached hydrogen (secondary N) is 1. The monoisotopic (exact) mass is 293 g/mol. The van der Waals surface area contributed by atoms with Gasteiger partial charge in [0.25, 0.3) is 0 Å². The van der Waals surface area contributed by atoms with Crippen LogP contribution in [0.1, 0.15) is 13.3 Å². The zero-order chi connectivity index (χ0) is 12.0. The van der Waals surface area contributed by atoms with E-state index in [1.54, 1.807) is 0 Å². The van der Waals surface area contributed by atoms with Crippen LogP contribution in [0.3, 0.4) is 0 Å². The van der Waals surface area contributed by atoms with E-state index in [9.17, 15) is 8.78 Å². The van der Waals surface area contributed by atoms with Gasteiger partial charge in [0.2, 0.25) is 0 Å². The summed E-state index contributed by atoms with van der Waals surface area (Å²) in [5.41, 5.74) is 0.154. The summed E-state index contributed by atoms with van der Waals surface area (Å²) >= 11 is 2.92. The second-order valence-corrected chi connectivity index (χ2v) is 4.14. The Morgan fingerprint density at radius 1 is 1.25 bits per heavy atom. The zero-order valence-electron chi connectivity index (χ0n) is 9.03. The van der Waals surface area contributed by atoms with Gasteiger partial charge in [-0.25, -0.2) is 8.78 Å². The number of ether oxygens (including phenoxy) is 1. The fourth-order valence-electron chi connectivity index (χ4n) is 1.16. The fourth-order valence-corrected chi connectivity index (χ4v) is 1.48. The molecule has 0 fully saturated rings. The molecular weight excluding hydrogens is 280 g/mol. The van der Waals surface area contributed by atoms with Crippen molar-refractivity contribution in [2.45, 2.75) is 13.3 Å². The summed E-state index contributed by atoms with van der Waals surface area (Å²) in [6, 6.07) is 2.23. The minimum absolute atomic E-state index is 0.123. The van der Waals surface area contributed by atoms with Crippen LogP contribution in [-0.2, 0) is 4.74 Å². The van der Waals surface area contributed by atoms with Crippen LogP contribution in [0.15, 0.2) is 16.6 Å².